The molecule has 0 aromatic heterocycles. The number of hydrogen-bond donors (Lipinski definition) is 1. The lowest BCUT2D eigenvalue weighted by Crippen LogP contribution is -2.27. The first-order chi connectivity index (χ1) is 9.99. The SMILES string of the molecule is CN(CC1CCCCC1)c1ccc(C(N)=O)cc1[N+](=O)[O-]. The second-order valence-electron chi connectivity index (χ2n) is 5.71. The molecule has 0 bridgehead atoms. The first-order valence-electron chi connectivity index (χ1n) is 7.28. The van der Waals surface area contributed by atoms with Gasteiger partial charge in [0.1, 0.15) is 5.69 Å². The molecule has 2 N–H and O–H groups in total. The predicted molar refractivity (Wildman–Crippen MR) is 81.5 cm³/mol. The molecule has 1 aliphatic carbocycles. The minimum Gasteiger partial charge on any atom is -0.369 e. The van der Waals surface area contributed by atoms with Gasteiger partial charge in [-0.05, 0) is 30.9 Å². The van der Waals surface area contributed by atoms with Crippen LogP contribution >= 0.6 is 0 Å². The van der Waals surface area contributed by atoms with E-state index < -0.39 is 10.8 Å². The van der Waals surface area contributed by atoms with E-state index in [1.54, 1.807) is 12.1 Å². The minimum absolute atomic E-state index is 0.0652. The van der Waals surface area contributed by atoms with Crippen molar-refractivity contribution in [1.29, 1.82) is 0 Å². The van der Waals surface area contributed by atoms with Gasteiger partial charge in [0, 0.05) is 25.2 Å². The van der Waals surface area contributed by atoms with Crippen molar-refractivity contribution >= 4 is 17.3 Å². The van der Waals surface area contributed by atoms with E-state index in [0.717, 1.165) is 6.54 Å². The Hall–Kier alpha value is -2.11. The maximum atomic E-state index is 11.2. The van der Waals surface area contributed by atoms with E-state index in [4.69, 9.17) is 5.73 Å². The average molecular weight is 291 g/mol. The molecule has 6 nitrogen and oxygen atoms in total. The molecule has 0 spiro atoms. The number of carbonyl (C=O) groups excluding carboxylic acids is 1. The first kappa shape index (κ1) is 15.3. The zero-order valence-corrected chi connectivity index (χ0v) is 12.2. The van der Waals surface area contributed by atoms with Gasteiger partial charge in [-0.2, -0.15) is 0 Å². The van der Waals surface area contributed by atoms with Crippen molar-refractivity contribution < 1.29 is 9.72 Å². The van der Waals surface area contributed by atoms with Crippen LogP contribution in [-0.2, 0) is 0 Å². The van der Waals surface area contributed by atoms with Gasteiger partial charge in [-0.1, -0.05) is 19.3 Å². The Balaban J connectivity index is 2.20. The van der Waals surface area contributed by atoms with Crippen LogP contribution in [0.3, 0.4) is 0 Å². The van der Waals surface area contributed by atoms with Crippen molar-refractivity contribution in [1.82, 2.24) is 0 Å². The molecule has 0 atom stereocenters. The molecule has 6 heteroatoms. The third-order valence-electron chi connectivity index (χ3n) is 4.12. The van der Waals surface area contributed by atoms with Crippen LogP contribution in [0, 0.1) is 16.0 Å². The van der Waals surface area contributed by atoms with Crippen LogP contribution < -0.4 is 10.6 Å². The highest BCUT2D eigenvalue weighted by atomic mass is 16.6. The molecule has 114 valence electrons. The van der Waals surface area contributed by atoms with Crippen LogP contribution in [0.4, 0.5) is 11.4 Å². The summed E-state index contributed by atoms with van der Waals surface area (Å²) in [5, 5.41) is 11.2. The van der Waals surface area contributed by atoms with Gasteiger partial charge in [0.25, 0.3) is 5.69 Å². The summed E-state index contributed by atoms with van der Waals surface area (Å²) in [5.41, 5.74) is 5.82. The number of benzene rings is 1. The molecule has 1 fully saturated rings. The number of rotatable bonds is 5. The number of amides is 1. The number of anilines is 1. The van der Waals surface area contributed by atoms with E-state index in [0.29, 0.717) is 11.6 Å². The molecule has 0 saturated heterocycles. The molecule has 1 aromatic rings. The highest BCUT2D eigenvalue weighted by molar-refractivity contribution is 5.94. The Morgan fingerprint density at radius 2 is 2.05 bits per heavy atom. The molecule has 0 heterocycles. The second-order valence-corrected chi connectivity index (χ2v) is 5.71. The molecule has 1 amide bonds. The average Bonchev–Trinajstić information content (AvgIpc) is 2.47. The zero-order valence-electron chi connectivity index (χ0n) is 12.2. The van der Waals surface area contributed by atoms with Crippen LogP contribution in [-0.4, -0.2) is 24.4 Å². The minimum atomic E-state index is -0.653. The number of nitro benzene ring substituents is 1. The molecule has 0 radical (unpaired) electrons. The van der Waals surface area contributed by atoms with Gasteiger partial charge in [-0.25, -0.2) is 0 Å². The number of carbonyl (C=O) groups is 1. The van der Waals surface area contributed by atoms with E-state index in [-0.39, 0.29) is 11.3 Å². The van der Waals surface area contributed by atoms with E-state index in [1.807, 2.05) is 11.9 Å². The number of nitro groups is 1. The van der Waals surface area contributed by atoms with Gasteiger partial charge in [-0.15, -0.1) is 0 Å². The zero-order chi connectivity index (χ0) is 15.4. The fraction of sp³-hybridized carbons (Fsp3) is 0.533. The van der Waals surface area contributed by atoms with Crippen LogP contribution in [0.1, 0.15) is 42.5 Å². The number of nitrogens with zero attached hydrogens (tertiary/aromatic N) is 2. The Bertz CT molecular complexity index is 539. The lowest BCUT2D eigenvalue weighted by atomic mass is 9.89. The van der Waals surface area contributed by atoms with Crippen molar-refractivity contribution in [3.63, 3.8) is 0 Å². The number of primary amides is 1. The lowest BCUT2D eigenvalue weighted by Gasteiger charge is -2.28. The summed E-state index contributed by atoms with van der Waals surface area (Å²) in [7, 11) is 1.86. The Kier molecular flexibility index (Phi) is 4.77. The Labute approximate surface area is 124 Å². The van der Waals surface area contributed by atoms with Crippen LogP contribution in [0.25, 0.3) is 0 Å². The molecular formula is C15H21N3O3. The summed E-state index contributed by atoms with van der Waals surface area (Å²) >= 11 is 0. The van der Waals surface area contributed by atoms with Crippen molar-refractivity contribution in [2.24, 2.45) is 11.7 Å². The highest BCUT2D eigenvalue weighted by Gasteiger charge is 2.22. The predicted octanol–water partition coefficient (Wildman–Crippen LogP) is 2.71. The fourth-order valence-corrected chi connectivity index (χ4v) is 3.00. The topological polar surface area (TPSA) is 89.5 Å². The quantitative estimate of drug-likeness (QED) is 0.667. The lowest BCUT2D eigenvalue weighted by molar-refractivity contribution is -0.384. The van der Waals surface area contributed by atoms with Crippen LogP contribution in [0.15, 0.2) is 18.2 Å². The molecule has 0 aliphatic heterocycles. The fourth-order valence-electron chi connectivity index (χ4n) is 3.00. The number of hydrogen-bond acceptors (Lipinski definition) is 4. The van der Waals surface area contributed by atoms with Crippen LogP contribution in [0.5, 0.6) is 0 Å². The van der Waals surface area contributed by atoms with Crippen molar-refractivity contribution in [3.8, 4) is 0 Å². The smallest absolute Gasteiger partial charge is 0.293 e. The van der Waals surface area contributed by atoms with E-state index in [1.165, 1.54) is 38.2 Å². The summed E-state index contributed by atoms with van der Waals surface area (Å²) in [6.07, 6.45) is 6.12. The van der Waals surface area contributed by atoms with Crippen molar-refractivity contribution in [3.05, 3.63) is 33.9 Å². The standard InChI is InChI=1S/C15H21N3O3/c1-17(10-11-5-3-2-4-6-11)13-8-7-12(15(16)19)9-14(13)18(20)21/h7-9,11H,2-6,10H2,1H3,(H2,16,19). The Morgan fingerprint density at radius 3 is 2.62 bits per heavy atom. The third kappa shape index (κ3) is 3.71. The molecule has 2 rings (SSSR count). The third-order valence-corrected chi connectivity index (χ3v) is 4.12. The molecule has 21 heavy (non-hydrogen) atoms. The van der Waals surface area contributed by atoms with Crippen LogP contribution in [0.2, 0.25) is 0 Å². The number of nitrogens with two attached hydrogens (primary N) is 1. The molecule has 0 unspecified atom stereocenters. The van der Waals surface area contributed by atoms with E-state index >= 15 is 0 Å². The van der Waals surface area contributed by atoms with Crippen molar-refractivity contribution in [2.45, 2.75) is 32.1 Å². The van der Waals surface area contributed by atoms with Crippen molar-refractivity contribution in [2.75, 3.05) is 18.5 Å². The molecular weight excluding hydrogens is 270 g/mol. The van der Waals surface area contributed by atoms with Gasteiger partial charge in [0.05, 0.1) is 4.92 Å². The summed E-state index contributed by atoms with van der Waals surface area (Å²) in [6, 6.07) is 4.41. The normalized spacial score (nSPS) is 15.7. The second kappa shape index (κ2) is 6.56. The van der Waals surface area contributed by atoms with Gasteiger partial charge >= 0.3 is 0 Å². The largest absolute Gasteiger partial charge is 0.369 e. The maximum absolute atomic E-state index is 11.2. The Morgan fingerprint density at radius 1 is 1.38 bits per heavy atom. The maximum Gasteiger partial charge on any atom is 0.293 e. The van der Waals surface area contributed by atoms with E-state index in [2.05, 4.69) is 0 Å². The summed E-state index contributed by atoms with van der Waals surface area (Å²) in [5.74, 6) is -0.0706. The van der Waals surface area contributed by atoms with Gasteiger partial charge in [-0.3, -0.25) is 14.9 Å². The molecule has 1 aromatic carbocycles. The first-order valence-corrected chi connectivity index (χ1v) is 7.28. The highest BCUT2D eigenvalue weighted by Crippen LogP contribution is 2.31. The summed E-state index contributed by atoms with van der Waals surface area (Å²) in [4.78, 5) is 23.8. The van der Waals surface area contributed by atoms with Gasteiger partial charge < -0.3 is 10.6 Å². The molecule has 1 saturated carbocycles. The van der Waals surface area contributed by atoms with Gasteiger partial charge in [0.2, 0.25) is 5.91 Å². The van der Waals surface area contributed by atoms with Gasteiger partial charge in [0.15, 0.2) is 0 Å². The molecule has 1 aliphatic rings. The summed E-state index contributed by atoms with van der Waals surface area (Å²) in [6.45, 7) is 0.802. The van der Waals surface area contributed by atoms with E-state index in [9.17, 15) is 14.9 Å². The monoisotopic (exact) mass is 291 g/mol. The summed E-state index contributed by atoms with van der Waals surface area (Å²) < 4.78 is 0.